The molecule has 0 aliphatic rings. The van der Waals surface area contributed by atoms with E-state index in [0.29, 0.717) is 12.1 Å². The number of aliphatic hydroxyl groups is 1. The Bertz CT molecular complexity index is 786. The van der Waals surface area contributed by atoms with Crippen LogP contribution in [0.1, 0.15) is 18.1 Å². The van der Waals surface area contributed by atoms with Gasteiger partial charge in [0, 0.05) is 13.1 Å². The van der Waals surface area contributed by atoms with E-state index in [1.54, 1.807) is 42.3 Å². The number of likely N-dealkylation sites (N-methyl/N-ethyl adjacent to an activating group) is 1. The zero-order valence-corrected chi connectivity index (χ0v) is 15.4. The van der Waals surface area contributed by atoms with E-state index in [2.05, 4.69) is 4.74 Å². The van der Waals surface area contributed by atoms with E-state index in [9.17, 15) is 23.1 Å². The first-order chi connectivity index (χ1) is 12.5. The number of carbonyl (C=O) groups is 1. The lowest BCUT2D eigenvalue weighted by atomic mass is 9.98. The van der Waals surface area contributed by atoms with Crippen molar-refractivity contribution in [2.75, 3.05) is 20.7 Å². The smallest absolute Gasteiger partial charge is 0.417 e. The molecule has 0 fully saturated rings. The Hall–Kier alpha value is -2.38. The van der Waals surface area contributed by atoms with Crippen molar-refractivity contribution in [2.45, 2.75) is 25.2 Å². The minimum Gasteiger partial charge on any atom is -0.467 e. The number of carbonyl (C=O) groups excluding carboxylic acids is 1. The van der Waals surface area contributed by atoms with Crippen LogP contribution in [-0.2, 0) is 22.3 Å². The average Bonchev–Trinajstić information content (AvgIpc) is 2.60. The molecule has 0 aromatic heterocycles. The second kappa shape index (κ2) is 8.10. The van der Waals surface area contributed by atoms with Crippen LogP contribution in [0, 0.1) is 0 Å². The summed E-state index contributed by atoms with van der Waals surface area (Å²) in [6.07, 6.45) is -4.42. The molecule has 0 bridgehead atoms. The maximum Gasteiger partial charge on any atom is 0.417 e. The zero-order valence-electron chi connectivity index (χ0n) is 15.4. The maximum atomic E-state index is 13.2. The Kier molecular flexibility index (Phi) is 6.28. The van der Waals surface area contributed by atoms with Gasteiger partial charge in [0.1, 0.15) is 0 Å². The fraction of sp³-hybridized carbons (Fsp3) is 0.350. The molecule has 0 saturated heterocycles. The van der Waals surface area contributed by atoms with Crippen LogP contribution < -0.4 is 0 Å². The Morgan fingerprint density at radius 2 is 1.70 bits per heavy atom. The molecule has 2 aromatic rings. The topological polar surface area (TPSA) is 49.8 Å². The molecule has 0 saturated carbocycles. The lowest BCUT2D eigenvalue weighted by Crippen LogP contribution is -2.46. The van der Waals surface area contributed by atoms with Gasteiger partial charge in [-0.05, 0) is 36.7 Å². The van der Waals surface area contributed by atoms with Crippen LogP contribution in [0.15, 0.2) is 48.5 Å². The van der Waals surface area contributed by atoms with Crippen molar-refractivity contribution in [3.05, 3.63) is 59.7 Å². The SMILES string of the molecule is COC(=O)C(C)(O)CN(C)Cc1ccc(-c2ccccc2C(F)(F)F)cc1. The predicted octanol–water partition coefficient (Wildman–Crippen LogP) is 3.73. The molecule has 0 spiro atoms. The van der Waals surface area contributed by atoms with Crippen molar-refractivity contribution in [2.24, 2.45) is 0 Å². The Morgan fingerprint density at radius 1 is 1.11 bits per heavy atom. The molecule has 1 atom stereocenters. The molecule has 1 unspecified atom stereocenters. The van der Waals surface area contributed by atoms with E-state index in [1.807, 2.05) is 0 Å². The third kappa shape index (κ3) is 5.30. The highest BCUT2D eigenvalue weighted by Crippen LogP contribution is 2.36. The summed E-state index contributed by atoms with van der Waals surface area (Å²) >= 11 is 0. The van der Waals surface area contributed by atoms with Gasteiger partial charge in [-0.1, -0.05) is 42.5 Å². The monoisotopic (exact) mass is 381 g/mol. The number of halogens is 3. The van der Waals surface area contributed by atoms with Gasteiger partial charge in [-0.25, -0.2) is 4.79 Å². The van der Waals surface area contributed by atoms with Gasteiger partial charge in [0.2, 0.25) is 0 Å². The summed E-state index contributed by atoms with van der Waals surface area (Å²) in [5.74, 6) is -0.728. The quantitative estimate of drug-likeness (QED) is 0.775. The Balaban J connectivity index is 2.14. The summed E-state index contributed by atoms with van der Waals surface area (Å²) in [6, 6.07) is 12.2. The maximum absolute atomic E-state index is 13.2. The number of hydrogen-bond donors (Lipinski definition) is 1. The first-order valence-corrected chi connectivity index (χ1v) is 8.29. The van der Waals surface area contributed by atoms with Crippen LogP contribution in [0.25, 0.3) is 11.1 Å². The van der Waals surface area contributed by atoms with E-state index in [0.717, 1.165) is 11.6 Å². The van der Waals surface area contributed by atoms with E-state index in [-0.39, 0.29) is 12.1 Å². The van der Waals surface area contributed by atoms with E-state index >= 15 is 0 Å². The molecular formula is C20H22F3NO3. The molecule has 7 heteroatoms. The second-order valence-electron chi connectivity index (χ2n) is 6.68. The summed E-state index contributed by atoms with van der Waals surface area (Å²) < 4.78 is 44.1. The molecule has 4 nitrogen and oxygen atoms in total. The molecule has 146 valence electrons. The van der Waals surface area contributed by atoms with Crippen molar-refractivity contribution in [3.8, 4) is 11.1 Å². The van der Waals surface area contributed by atoms with Gasteiger partial charge >= 0.3 is 12.1 Å². The zero-order chi connectivity index (χ0) is 20.2. The van der Waals surface area contributed by atoms with Crippen LogP contribution in [0.4, 0.5) is 13.2 Å². The van der Waals surface area contributed by atoms with Crippen LogP contribution in [0.2, 0.25) is 0 Å². The summed E-state index contributed by atoms with van der Waals surface area (Å²) in [4.78, 5) is 13.3. The number of esters is 1. The van der Waals surface area contributed by atoms with Crippen molar-refractivity contribution in [1.29, 1.82) is 0 Å². The normalized spacial score (nSPS) is 14.1. The third-order valence-corrected chi connectivity index (χ3v) is 4.15. The van der Waals surface area contributed by atoms with E-state index < -0.39 is 23.3 Å². The number of benzene rings is 2. The number of alkyl halides is 3. The lowest BCUT2D eigenvalue weighted by Gasteiger charge is -2.26. The highest BCUT2D eigenvalue weighted by atomic mass is 19.4. The molecule has 2 rings (SSSR count). The van der Waals surface area contributed by atoms with Gasteiger partial charge in [-0.3, -0.25) is 4.90 Å². The molecule has 0 radical (unpaired) electrons. The molecule has 27 heavy (non-hydrogen) atoms. The largest absolute Gasteiger partial charge is 0.467 e. The van der Waals surface area contributed by atoms with Crippen molar-refractivity contribution < 1.29 is 27.8 Å². The van der Waals surface area contributed by atoms with Crippen molar-refractivity contribution in [3.63, 3.8) is 0 Å². The van der Waals surface area contributed by atoms with Gasteiger partial charge in [-0.15, -0.1) is 0 Å². The molecule has 2 aromatic carbocycles. The van der Waals surface area contributed by atoms with Gasteiger partial charge < -0.3 is 9.84 Å². The number of nitrogens with zero attached hydrogens (tertiary/aromatic N) is 1. The summed E-state index contributed by atoms with van der Waals surface area (Å²) in [7, 11) is 2.93. The highest BCUT2D eigenvalue weighted by molar-refractivity contribution is 5.78. The van der Waals surface area contributed by atoms with Crippen LogP contribution in [0.3, 0.4) is 0 Å². The van der Waals surface area contributed by atoms with E-state index in [4.69, 9.17) is 0 Å². The average molecular weight is 381 g/mol. The van der Waals surface area contributed by atoms with Crippen molar-refractivity contribution in [1.82, 2.24) is 4.90 Å². The Labute approximate surface area is 156 Å². The van der Waals surface area contributed by atoms with Crippen molar-refractivity contribution >= 4 is 5.97 Å². The first-order valence-electron chi connectivity index (χ1n) is 8.29. The summed E-state index contributed by atoms with van der Waals surface area (Å²) in [6.45, 7) is 1.83. The minimum atomic E-state index is -4.42. The van der Waals surface area contributed by atoms with E-state index in [1.165, 1.54) is 26.2 Å². The number of ether oxygens (including phenoxy) is 1. The molecule has 0 heterocycles. The molecule has 0 aliphatic carbocycles. The lowest BCUT2D eigenvalue weighted by molar-refractivity contribution is -0.162. The van der Waals surface area contributed by atoms with Crippen LogP contribution in [0.5, 0.6) is 0 Å². The summed E-state index contributed by atoms with van der Waals surface area (Å²) in [5, 5.41) is 10.1. The highest BCUT2D eigenvalue weighted by Gasteiger charge is 2.34. The van der Waals surface area contributed by atoms with Gasteiger partial charge in [-0.2, -0.15) is 13.2 Å². The summed E-state index contributed by atoms with van der Waals surface area (Å²) in [5.41, 5.74) is -0.889. The number of methoxy groups -OCH3 is 1. The van der Waals surface area contributed by atoms with Crippen LogP contribution in [-0.4, -0.2) is 42.3 Å². The standard InChI is InChI=1S/C20H22F3NO3/c1-19(26,18(25)27-3)13-24(2)12-14-8-10-15(11-9-14)16-6-4-5-7-17(16)20(21,22)23/h4-11,26H,12-13H2,1-3H3. The van der Waals surface area contributed by atoms with Gasteiger partial charge in [0.05, 0.1) is 12.7 Å². The van der Waals surface area contributed by atoms with Gasteiger partial charge in [0.15, 0.2) is 5.60 Å². The molecular weight excluding hydrogens is 359 g/mol. The Morgan fingerprint density at radius 3 is 2.26 bits per heavy atom. The fourth-order valence-electron chi connectivity index (χ4n) is 2.95. The van der Waals surface area contributed by atoms with Gasteiger partial charge in [0.25, 0.3) is 0 Å². The minimum absolute atomic E-state index is 0.0539. The first kappa shape index (κ1) is 20.9. The predicted molar refractivity (Wildman–Crippen MR) is 95.9 cm³/mol. The third-order valence-electron chi connectivity index (χ3n) is 4.15. The molecule has 0 amide bonds. The van der Waals surface area contributed by atoms with Crippen LogP contribution >= 0.6 is 0 Å². The molecule has 1 N–H and O–H groups in total. The number of hydrogen-bond acceptors (Lipinski definition) is 4. The fourth-order valence-corrected chi connectivity index (χ4v) is 2.95. The second-order valence-corrected chi connectivity index (χ2v) is 6.68. The number of rotatable bonds is 6. The molecule has 0 aliphatic heterocycles.